The number of rotatable bonds is 4. The molecule has 1 aliphatic heterocycles. The lowest BCUT2D eigenvalue weighted by Crippen LogP contribution is -2.45. The quantitative estimate of drug-likeness (QED) is 0.811. The number of ether oxygens (including phenoxy) is 1. The van der Waals surface area contributed by atoms with Gasteiger partial charge in [-0.25, -0.2) is 0 Å². The van der Waals surface area contributed by atoms with Gasteiger partial charge in [0, 0.05) is 19.1 Å². The monoisotopic (exact) mass is 250 g/mol. The van der Waals surface area contributed by atoms with E-state index in [1.165, 1.54) is 0 Å². The highest BCUT2D eigenvalue weighted by Gasteiger charge is 2.21. The second-order valence-corrected chi connectivity index (χ2v) is 4.30. The number of halogens is 1. The molecule has 0 aliphatic carbocycles. The maximum atomic E-state index is 11.7. The van der Waals surface area contributed by atoms with E-state index in [2.05, 4.69) is 5.32 Å². The topological polar surface area (TPSA) is 41.6 Å². The van der Waals surface area contributed by atoms with E-state index in [0.717, 1.165) is 25.9 Å². The summed E-state index contributed by atoms with van der Waals surface area (Å²) in [6.45, 7) is 5.82. The zero-order valence-corrected chi connectivity index (χ0v) is 11.2. The first-order chi connectivity index (χ1) is 7.13. The maximum absolute atomic E-state index is 11.7. The van der Waals surface area contributed by atoms with Crippen molar-refractivity contribution in [2.45, 2.75) is 38.8 Å². The molecule has 1 aliphatic rings. The van der Waals surface area contributed by atoms with Crippen molar-refractivity contribution in [2.24, 2.45) is 0 Å². The van der Waals surface area contributed by atoms with Crippen LogP contribution in [0.4, 0.5) is 0 Å². The van der Waals surface area contributed by atoms with Crippen molar-refractivity contribution in [3.05, 3.63) is 0 Å². The van der Waals surface area contributed by atoms with Crippen LogP contribution in [-0.4, -0.2) is 49.7 Å². The van der Waals surface area contributed by atoms with Crippen molar-refractivity contribution in [3.63, 3.8) is 0 Å². The van der Waals surface area contributed by atoms with Gasteiger partial charge in [-0.15, -0.1) is 12.4 Å². The first kappa shape index (κ1) is 15.7. The molecule has 0 spiro atoms. The second-order valence-electron chi connectivity index (χ2n) is 4.30. The van der Waals surface area contributed by atoms with Gasteiger partial charge in [0.05, 0.1) is 6.10 Å². The molecule has 1 N–H and O–H groups in total. The summed E-state index contributed by atoms with van der Waals surface area (Å²) < 4.78 is 5.30. The Morgan fingerprint density at radius 3 is 2.44 bits per heavy atom. The van der Waals surface area contributed by atoms with Crippen molar-refractivity contribution in [3.8, 4) is 0 Å². The lowest BCUT2D eigenvalue weighted by Gasteiger charge is -2.31. The molecular weight excluding hydrogens is 228 g/mol. The molecule has 1 saturated heterocycles. The van der Waals surface area contributed by atoms with E-state index < -0.39 is 0 Å². The summed E-state index contributed by atoms with van der Waals surface area (Å²) in [7, 11) is 1.98. The highest BCUT2D eigenvalue weighted by Crippen LogP contribution is 2.10. The molecule has 96 valence electrons. The zero-order chi connectivity index (χ0) is 11.3. The van der Waals surface area contributed by atoms with Crippen LogP contribution >= 0.6 is 12.4 Å². The van der Waals surface area contributed by atoms with Gasteiger partial charge in [-0.2, -0.15) is 0 Å². The summed E-state index contributed by atoms with van der Waals surface area (Å²) in [6, 6.07) is 0.570. The van der Waals surface area contributed by atoms with Crippen LogP contribution in [0.3, 0.4) is 0 Å². The second kappa shape index (κ2) is 7.87. The standard InChI is InChI=1S/C11H22N2O2.ClH/c1-9(2)15-8-11(14)13-6-4-10(12-3)5-7-13;/h9-10,12H,4-8H2,1-3H3;1H. The highest BCUT2D eigenvalue weighted by atomic mass is 35.5. The fourth-order valence-electron chi connectivity index (χ4n) is 1.75. The van der Waals surface area contributed by atoms with E-state index >= 15 is 0 Å². The van der Waals surface area contributed by atoms with Gasteiger partial charge >= 0.3 is 0 Å². The Kier molecular flexibility index (Phi) is 7.72. The lowest BCUT2D eigenvalue weighted by molar-refractivity contribution is -0.138. The molecule has 1 amide bonds. The smallest absolute Gasteiger partial charge is 0.248 e. The van der Waals surface area contributed by atoms with Gasteiger partial charge in [0.15, 0.2) is 0 Å². The van der Waals surface area contributed by atoms with Crippen molar-refractivity contribution in [1.82, 2.24) is 10.2 Å². The Balaban J connectivity index is 0.00000225. The largest absolute Gasteiger partial charge is 0.369 e. The summed E-state index contributed by atoms with van der Waals surface area (Å²) in [5.41, 5.74) is 0. The number of carbonyl (C=O) groups is 1. The fourth-order valence-corrected chi connectivity index (χ4v) is 1.75. The number of carbonyl (C=O) groups excluding carboxylic acids is 1. The SMILES string of the molecule is CNC1CCN(C(=O)COC(C)C)CC1.Cl. The van der Waals surface area contributed by atoms with Gasteiger partial charge in [-0.1, -0.05) is 0 Å². The summed E-state index contributed by atoms with van der Waals surface area (Å²) in [4.78, 5) is 13.6. The third-order valence-corrected chi connectivity index (χ3v) is 2.80. The lowest BCUT2D eigenvalue weighted by atomic mass is 10.1. The molecule has 1 heterocycles. The summed E-state index contributed by atoms with van der Waals surface area (Å²) in [6.07, 6.45) is 2.22. The predicted molar refractivity (Wildman–Crippen MR) is 67.0 cm³/mol. The van der Waals surface area contributed by atoms with Crippen LogP contribution in [0.5, 0.6) is 0 Å². The van der Waals surface area contributed by atoms with Crippen molar-refractivity contribution in [1.29, 1.82) is 0 Å². The molecule has 0 radical (unpaired) electrons. The van der Waals surface area contributed by atoms with Gasteiger partial charge in [-0.3, -0.25) is 4.79 Å². The van der Waals surface area contributed by atoms with Crippen LogP contribution in [0.15, 0.2) is 0 Å². The number of piperidine rings is 1. The van der Waals surface area contributed by atoms with E-state index in [4.69, 9.17) is 4.74 Å². The van der Waals surface area contributed by atoms with Gasteiger partial charge in [0.2, 0.25) is 5.91 Å². The Labute approximate surface area is 104 Å². The normalized spacial score (nSPS) is 17.4. The molecule has 16 heavy (non-hydrogen) atoms. The van der Waals surface area contributed by atoms with Crippen LogP contribution in [-0.2, 0) is 9.53 Å². The van der Waals surface area contributed by atoms with E-state index in [9.17, 15) is 4.79 Å². The molecule has 0 aromatic rings. The number of amides is 1. The van der Waals surface area contributed by atoms with Gasteiger partial charge < -0.3 is 15.0 Å². The Morgan fingerprint density at radius 1 is 1.44 bits per heavy atom. The molecule has 4 nitrogen and oxygen atoms in total. The van der Waals surface area contributed by atoms with Crippen LogP contribution in [0.1, 0.15) is 26.7 Å². The summed E-state index contributed by atoms with van der Waals surface area (Å²) >= 11 is 0. The minimum atomic E-state index is 0. The predicted octanol–water partition coefficient (Wildman–Crippen LogP) is 1.04. The van der Waals surface area contributed by atoms with Crippen molar-refractivity contribution in [2.75, 3.05) is 26.7 Å². The Morgan fingerprint density at radius 2 is 2.00 bits per heavy atom. The maximum Gasteiger partial charge on any atom is 0.248 e. The molecule has 0 unspecified atom stereocenters. The molecule has 0 saturated carbocycles. The number of hydrogen-bond acceptors (Lipinski definition) is 3. The summed E-state index contributed by atoms with van der Waals surface area (Å²) in [5, 5.41) is 3.24. The average Bonchev–Trinajstić information content (AvgIpc) is 2.26. The number of nitrogens with one attached hydrogen (secondary N) is 1. The van der Waals surface area contributed by atoms with Crippen molar-refractivity contribution < 1.29 is 9.53 Å². The molecule has 0 aromatic heterocycles. The van der Waals surface area contributed by atoms with Crippen molar-refractivity contribution >= 4 is 18.3 Å². The van der Waals surface area contributed by atoms with Gasteiger partial charge in [-0.05, 0) is 33.7 Å². The van der Waals surface area contributed by atoms with E-state index in [0.29, 0.717) is 6.04 Å². The average molecular weight is 251 g/mol. The third kappa shape index (κ3) is 5.14. The number of likely N-dealkylation sites (tertiary alicyclic amines) is 1. The first-order valence-corrected chi connectivity index (χ1v) is 5.70. The first-order valence-electron chi connectivity index (χ1n) is 5.70. The zero-order valence-electron chi connectivity index (χ0n) is 10.4. The molecule has 0 aromatic carbocycles. The minimum absolute atomic E-state index is 0. The molecule has 0 atom stereocenters. The van der Waals surface area contributed by atoms with E-state index in [1.54, 1.807) is 0 Å². The Hall–Kier alpha value is -0.320. The van der Waals surface area contributed by atoms with Crippen LogP contribution in [0.25, 0.3) is 0 Å². The highest BCUT2D eigenvalue weighted by molar-refractivity contribution is 5.85. The van der Waals surface area contributed by atoms with E-state index in [-0.39, 0.29) is 31.0 Å². The third-order valence-electron chi connectivity index (χ3n) is 2.80. The fraction of sp³-hybridized carbons (Fsp3) is 0.909. The van der Waals surface area contributed by atoms with Gasteiger partial charge in [0.25, 0.3) is 0 Å². The number of nitrogens with zero attached hydrogens (tertiary/aromatic N) is 1. The number of hydrogen-bond donors (Lipinski definition) is 1. The minimum Gasteiger partial charge on any atom is -0.369 e. The Bertz CT molecular complexity index is 204. The molecule has 0 bridgehead atoms. The van der Waals surface area contributed by atoms with Crippen LogP contribution < -0.4 is 5.32 Å². The van der Waals surface area contributed by atoms with Gasteiger partial charge in [0.1, 0.15) is 6.61 Å². The summed E-state index contributed by atoms with van der Waals surface area (Å²) in [5.74, 6) is 0.123. The molecular formula is C11H23ClN2O2. The van der Waals surface area contributed by atoms with E-state index in [1.807, 2.05) is 25.8 Å². The van der Waals surface area contributed by atoms with Crippen LogP contribution in [0.2, 0.25) is 0 Å². The molecule has 1 fully saturated rings. The molecule has 1 rings (SSSR count). The van der Waals surface area contributed by atoms with Crippen LogP contribution in [0, 0.1) is 0 Å². The molecule has 5 heteroatoms.